The van der Waals surface area contributed by atoms with E-state index in [0.29, 0.717) is 13.1 Å². The minimum atomic E-state index is 0.0738. The summed E-state index contributed by atoms with van der Waals surface area (Å²) in [6.45, 7) is 6.11. The largest absolute Gasteiger partial charge is 0.467 e. The van der Waals surface area contributed by atoms with Crippen molar-refractivity contribution in [3.05, 3.63) is 45.5 Å². The summed E-state index contributed by atoms with van der Waals surface area (Å²) in [5.74, 6) is 0.880. The molecule has 1 saturated heterocycles. The molecule has 1 aliphatic rings. The summed E-state index contributed by atoms with van der Waals surface area (Å²) in [5.41, 5.74) is 1.26. The Morgan fingerprint density at radius 2 is 2.35 bits per heavy atom. The molecule has 4 nitrogen and oxygen atoms in total. The second-order valence-electron chi connectivity index (χ2n) is 5.95. The Balaban J connectivity index is 1.78. The van der Waals surface area contributed by atoms with Gasteiger partial charge in [0.2, 0.25) is 0 Å². The Morgan fingerprint density at radius 1 is 1.48 bits per heavy atom. The Labute approximate surface area is 141 Å². The number of ether oxygens (including phenoxy) is 1. The first-order valence-electron chi connectivity index (χ1n) is 8.20. The summed E-state index contributed by atoms with van der Waals surface area (Å²) in [5, 5.41) is 0. The second kappa shape index (κ2) is 7.32. The molecule has 2 aromatic heterocycles. The molecule has 0 aromatic carbocycles. The molecule has 0 spiro atoms. The van der Waals surface area contributed by atoms with Gasteiger partial charge in [-0.2, -0.15) is 0 Å². The number of rotatable bonds is 6. The van der Waals surface area contributed by atoms with E-state index in [1.54, 1.807) is 17.6 Å². The molecule has 2 aromatic rings. The van der Waals surface area contributed by atoms with Crippen LogP contribution in [0, 0.1) is 6.92 Å². The molecule has 124 valence electrons. The first-order valence-corrected chi connectivity index (χ1v) is 9.01. The van der Waals surface area contributed by atoms with Crippen molar-refractivity contribution < 1.29 is 13.9 Å². The zero-order valence-corrected chi connectivity index (χ0v) is 14.5. The molecule has 0 saturated carbocycles. The molecule has 0 radical (unpaired) electrons. The van der Waals surface area contributed by atoms with Crippen molar-refractivity contribution in [1.29, 1.82) is 0 Å². The van der Waals surface area contributed by atoms with Crippen molar-refractivity contribution in [2.75, 3.05) is 13.2 Å². The van der Waals surface area contributed by atoms with Gasteiger partial charge in [-0.1, -0.05) is 6.92 Å². The highest BCUT2D eigenvalue weighted by Crippen LogP contribution is 2.25. The van der Waals surface area contributed by atoms with E-state index in [4.69, 9.17) is 9.15 Å². The standard InChI is InChI=1S/C18H23NO3S/c1-3-14-10-17(23-13(14)2)18(20)19(11-15-6-4-8-21-15)12-16-7-5-9-22-16/h4,6,8,10,16H,3,5,7,9,11-12H2,1-2H3. The molecule has 1 unspecified atom stereocenters. The highest BCUT2D eigenvalue weighted by Gasteiger charge is 2.25. The maximum Gasteiger partial charge on any atom is 0.264 e. The monoisotopic (exact) mass is 333 g/mol. The second-order valence-corrected chi connectivity index (χ2v) is 7.20. The molecule has 3 rings (SSSR count). The minimum Gasteiger partial charge on any atom is -0.467 e. The van der Waals surface area contributed by atoms with Crippen molar-refractivity contribution in [3.8, 4) is 0 Å². The lowest BCUT2D eigenvalue weighted by molar-refractivity contribution is 0.0495. The van der Waals surface area contributed by atoms with Gasteiger partial charge >= 0.3 is 0 Å². The predicted molar refractivity (Wildman–Crippen MR) is 90.9 cm³/mol. The number of hydrogen-bond donors (Lipinski definition) is 0. The molecule has 23 heavy (non-hydrogen) atoms. The Hall–Kier alpha value is -1.59. The van der Waals surface area contributed by atoms with E-state index in [1.165, 1.54) is 10.4 Å². The van der Waals surface area contributed by atoms with E-state index >= 15 is 0 Å². The molecule has 1 fully saturated rings. The number of carbonyl (C=O) groups is 1. The smallest absolute Gasteiger partial charge is 0.264 e. The molecule has 1 amide bonds. The molecule has 0 N–H and O–H groups in total. The summed E-state index contributed by atoms with van der Waals surface area (Å²) < 4.78 is 11.2. The highest BCUT2D eigenvalue weighted by atomic mass is 32.1. The SMILES string of the molecule is CCc1cc(C(=O)N(Cc2ccco2)CC2CCCO2)sc1C. The van der Waals surface area contributed by atoms with Gasteiger partial charge in [-0.3, -0.25) is 4.79 Å². The summed E-state index contributed by atoms with van der Waals surface area (Å²) in [4.78, 5) is 16.9. The van der Waals surface area contributed by atoms with Crippen LogP contribution in [0.3, 0.4) is 0 Å². The van der Waals surface area contributed by atoms with Crippen LogP contribution in [0.1, 0.15) is 45.6 Å². The average molecular weight is 333 g/mol. The summed E-state index contributed by atoms with van der Waals surface area (Å²) >= 11 is 1.58. The number of nitrogens with zero attached hydrogens (tertiary/aromatic N) is 1. The maximum absolute atomic E-state index is 13.0. The highest BCUT2D eigenvalue weighted by molar-refractivity contribution is 7.14. The zero-order valence-electron chi connectivity index (χ0n) is 13.7. The lowest BCUT2D eigenvalue weighted by atomic mass is 10.2. The molecule has 0 bridgehead atoms. The molecule has 5 heteroatoms. The Bertz CT molecular complexity index is 641. The van der Waals surface area contributed by atoms with Gasteiger partial charge in [0.25, 0.3) is 5.91 Å². The van der Waals surface area contributed by atoms with Crippen LogP contribution in [0.4, 0.5) is 0 Å². The third-order valence-electron chi connectivity index (χ3n) is 4.27. The van der Waals surface area contributed by atoms with Crippen LogP contribution in [-0.2, 0) is 17.7 Å². The maximum atomic E-state index is 13.0. The van der Waals surface area contributed by atoms with Crippen LogP contribution >= 0.6 is 11.3 Å². The number of aryl methyl sites for hydroxylation is 2. The van der Waals surface area contributed by atoms with Crippen LogP contribution in [0.15, 0.2) is 28.9 Å². The fourth-order valence-corrected chi connectivity index (χ4v) is 4.06. The average Bonchev–Trinajstić information content (AvgIpc) is 3.27. The minimum absolute atomic E-state index is 0.0738. The summed E-state index contributed by atoms with van der Waals surface area (Å²) in [6, 6.07) is 5.80. The van der Waals surface area contributed by atoms with Crippen LogP contribution in [0.25, 0.3) is 0 Å². The number of amides is 1. The van der Waals surface area contributed by atoms with E-state index in [-0.39, 0.29) is 12.0 Å². The molecule has 1 aliphatic heterocycles. The predicted octanol–water partition coefficient (Wildman–Crippen LogP) is 4.03. The van der Waals surface area contributed by atoms with Gasteiger partial charge in [0.1, 0.15) is 5.76 Å². The van der Waals surface area contributed by atoms with E-state index in [1.807, 2.05) is 23.1 Å². The molecular weight excluding hydrogens is 310 g/mol. The van der Waals surface area contributed by atoms with Crippen molar-refractivity contribution >= 4 is 17.2 Å². The number of furan rings is 1. The first-order chi connectivity index (χ1) is 11.2. The van der Waals surface area contributed by atoms with Gasteiger partial charge in [-0.05, 0) is 49.9 Å². The molecular formula is C18H23NO3S. The number of carbonyl (C=O) groups excluding carboxylic acids is 1. The van der Waals surface area contributed by atoms with Crippen molar-refractivity contribution in [1.82, 2.24) is 4.90 Å². The molecule has 1 atom stereocenters. The van der Waals surface area contributed by atoms with Crippen LogP contribution < -0.4 is 0 Å². The Morgan fingerprint density at radius 3 is 2.96 bits per heavy atom. The molecule has 0 aliphatic carbocycles. The van der Waals surface area contributed by atoms with Crippen molar-refractivity contribution in [2.24, 2.45) is 0 Å². The van der Waals surface area contributed by atoms with Crippen LogP contribution in [0.2, 0.25) is 0 Å². The van der Waals surface area contributed by atoms with Gasteiger partial charge in [-0.15, -0.1) is 11.3 Å². The third kappa shape index (κ3) is 3.85. The van der Waals surface area contributed by atoms with Gasteiger partial charge in [0, 0.05) is 18.0 Å². The van der Waals surface area contributed by atoms with Crippen molar-refractivity contribution in [2.45, 2.75) is 45.8 Å². The number of thiophene rings is 1. The van der Waals surface area contributed by atoms with E-state index in [0.717, 1.165) is 36.5 Å². The zero-order chi connectivity index (χ0) is 16.2. The lowest BCUT2D eigenvalue weighted by Crippen LogP contribution is -2.36. The summed E-state index contributed by atoms with van der Waals surface area (Å²) in [7, 11) is 0. The van der Waals surface area contributed by atoms with Crippen LogP contribution in [-0.4, -0.2) is 30.1 Å². The fraction of sp³-hybridized carbons (Fsp3) is 0.500. The normalized spacial score (nSPS) is 17.6. The van der Waals surface area contributed by atoms with Gasteiger partial charge in [0.15, 0.2) is 0 Å². The Kier molecular flexibility index (Phi) is 5.18. The topological polar surface area (TPSA) is 42.7 Å². The van der Waals surface area contributed by atoms with Gasteiger partial charge < -0.3 is 14.1 Å². The third-order valence-corrected chi connectivity index (χ3v) is 5.36. The van der Waals surface area contributed by atoms with Gasteiger partial charge in [-0.25, -0.2) is 0 Å². The summed E-state index contributed by atoms with van der Waals surface area (Å²) in [6.07, 6.45) is 4.84. The van der Waals surface area contributed by atoms with Crippen molar-refractivity contribution in [3.63, 3.8) is 0 Å². The molecule has 3 heterocycles. The quantitative estimate of drug-likeness (QED) is 0.801. The van der Waals surface area contributed by atoms with E-state index in [9.17, 15) is 4.79 Å². The fourth-order valence-electron chi connectivity index (χ4n) is 2.98. The van der Waals surface area contributed by atoms with E-state index in [2.05, 4.69) is 13.8 Å². The first kappa shape index (κ1) is 16.3. The van der Waals surface area contributed by atoms with Crippen LogP contribution in [0.5, 0.6) is 0 Å². The lowest BCUT2D eigenvalue weighted by Gasteiger charge is -2.24. The number of hydrogen-bond acceptors (Lipinski definition) is 4. The van der Waals surface area contributed by atoms with Gasteiger partial charge in [0.05, 0.1) is 23.8 Å². The van der Waals surface area contributed by atoms with E-state index < -0.39 is 0 Å².